The molecule has 0 atom stereocenters. The first-order chi connectivity index (χ1) is 9.00. The van der Waals surface area contributed by atoms with E-state index in [1.54, 1.807) is 18.2 Å². The number of nitrogens with zero attached hydrogens (tertiary/aromatic N) is 2. The lowest BCUT2D eigenvalue weighted by Crippen LogP contribution is -2.00. The topological polar surface area (TPSA) is 97.8 Å². The van der Waals surface area contributed by atoms with E-state index in [1.807, 2.05) is 0 Å². The van der Waals surface area contributed by atoms with E-state index >= 15 is 0 Å². The van der Waals surface area contributed by atoms with Crippen molar-refractivity contribution in [2.75, 3.05) is 5.73 Å². The summed E-state index contributed by atoms with van der Waals surface area (Å²) in [5.74, 6) is 0.795. The summed E-state index contributed by atoms with van der Waals surface area (Å²) in [5.41, 5.74) is 7.89. The molecule has 0 aliphatic rings. The van der Waals surface area contributed by atoms with Crippen LogP contribution in [0.1, 0.15) is 19.4 Å². The second-order valence-electron chi connectivity index (χ2n) is 4.83. The number of aromatic amines is 1. The van der Waals surface area contributed by atoms with E-state index in [4.69, 9.17) is 5.73 Å². The van der Waals surface area contributed by atoms with Gasteiger partial charge < -0.3 is 5.73 Å². The molecule has 1 aromatic heterocycles. The maximum absolute atomic E-state index is 11.1. The van der Waals surface area contributed by atoms with Gasteiger partial charge in [-0.1, -0.05) is 26.0 Å². The molecular formula is C13H16N4O2. The predicted octanol–water partition coefficient (Wildman–Crippen LogP) is 2.77. The Kier molecular flexibility index (Phi) is 3.50. The highest BCUT2D eigenvalue weighted by Gasteiger charge is 2.21. The van der Waals surface area contributed by atoms with E-state index < -0.39 is 4.92 Å². The number of nitrogen functional groups attached to an aromatic ring is 1. The minimum atomic E-state index is -0.397. The summed E-state index contributed by atoms with van der Waals surface area (Å²) in [4.78, 5) is 10.7. The van der Waals surface area contributed by atoms with Crippen LogP contribution in [0.4, 0.5) is 11.5 Å². The quantitative estimate of drug-likeness (QED) is 0.652. The highest BCUT2D eigenvalue weighted by molar-refractivity contribution is 5.75. The number of hydrogen-bond donors (Lipinski definition) is 2. The fourth-order valence-electron chi connectivity index (χ4n) is 2.06. The number of nitro benzene ring substituents is 1. The predicted molar refractivity (Wildman–Crippen MR) is 73.6 cm³/mol. The number of rotatable bonds is 4. The molecule has 0 spiro atoms. The summed E-state index contributed by atoms with van der Waals surface area (Å²) >= 11 is 0. The lowest BCUT2D eigenvalue weighted by Gasteiger charge is -2.07. The molecule has 1 aromatic carbocycles. The van der Waals surface area contributed by atoms with Crippen LogP contribution in [0.15, 0.2) is 24.3 Å². The zero-order valence-electron chi connectivity index (χ0n) is 10.9. The Morgan fingerprint density at radius 3 is 2.74 bits per heavy atom. The first kappa shape index (κ1) is 13.1. The molecule has 2 aromatic rings. The molecule has 6 nitrogen and oxygen atoms in total. The zero-order valence-corrected chi connectivity index (χ0v) is 10.9. The fraction of sp³-hybridized carbons (Fsp3) is 0.308. The van der Waals surface area contributed by atoms with Crippen molar-refractivity contribution >= 4 is 11.5 Å². The minimum Gasteiger partial charge on any atom is -0.382 e. The molecule has 0 fully saturated rings. The van der Waals surface area contributed by atoms with Gasteiger partial charge >= 0.3 is 0 Å². The number of nitro groups is 1. The van der Waals surface area contributed by atoms with E-state index in [9.17, 15) is 10.1 Å². The van der Waals surface area contributed by atoms with Crippen molar-refractivity contribution in [1.29, 1.82) is 0 Å². The van der Waals surface area contributed by atoms with Gasteiger partial charge in [0.1, 0.15) is 5.82 Å². The molecule has 2 rings (SSSR count). The van der Waals surface area contributed by atoms with Gasteiger partial charge in [0.15, 0.2) is 0 Å². The first-order valence-electron chi connectivity index (χ1n) is 6.07. The van der Waals surface area contributed by atoms with Gasteiger partial charge in [-0.25, -0.2) is 0 Å². The van der Waals surface area contributed by atoms with E-state index in [0.717, 1.165) is 12.0 Å². The summed E-state index contributed by atoms with van der Waals surface area (Å²) in [6.07, 6.45) is 0.726. The second-order valence-corrected chi connectivity index (χ2v) is 4.83. The zero-order chi connectivity index (χ0) is 14.0. The van der Waals surface area contributed by atoms with Crippen molar-refractivity contribution in [1.82, 2.24) is 10.2 Å². The number of nitrogens with two attached hydrogens (primary N) is 1. The summed E-state index contributed by atoms with van der Waals surface area (Å²) in [5, 5.41) is 17.9. The van der Waals surface area contributed by atoms with Crippen LogP contribution in [0.5, 0.6) is 0 Å². The van der Waals surface area contributed by atoms with Gasteiger partial charge in [0, 0.05) is 11.6 Å². The molecule has 6 heteroatoms. The van der Waals surface area contributed by atoms with E-state index in [-0.39, 0.29) is 5.69 Å². The lowest BCUT2D eigenvalue weighted by molar-refractivity contribution is -0.384. The van der Waals surface area contributed by atoms with Crippen molar-refractivity contribution in [3.63, 3.8) is 0 Å². The number of benzene rings is 1. The summed E-state index contributed by atoms with van der Waals surface area (Å²) < 4.78 is 0. The number of hydrogen-bond acceptors (Lipinski definition) is 4. The standard InChI is InChI=1S/C13H16N4O2/c1-8(2)7-10-12(15-16-13(10)14)9-5-3-4-6-11(9)17(18)19/h3-6,8H,7H2,1-2H3,(H3,14,15,16). The smallest absolute Gasteiger partial charge is 0.278 e. The summed E-state index contributed by atoms with van der Waals surface area (Å²) in [7, 11) is 0. The minimum absolute atomic E-state index is 0.0520. The van der Waals surface area contributed by atoms with Gasteiger partial charge in [0.05, 0.1) is 16.2 Å². The van der Waals surface area contributed by atoms with Crippen LogP contribution in [0.3, 0.4) is 0 Å². The first-order valence-corrected chi connectivity index (χ1v) is 6.07. The van der Waals surface area contributed by atoms with Crippen LogP contribution in [-0.4, -0.2) is 15.1 Å². The molecule has 0 aliphatic carbocycles. The third-order valence-electron chi connectivity index (χ3n) is 2.88. The van der Waals surface area contributed by atoms with Crippen LogP contribution in [-0.2, 0) is 6.42 Å². The molecule has 0 amide bonds. The SMILES string of the molecule is CC(C)Cc1c(N)n[nH]c1-c1ccccc1[N+](=O)[O-]. The third-order valence-corrected chi connectivity index (χ3v) is 2.88. The molecule has 1 heterocycles. The normalized spacial score (nSPS) is 10.9. The maximum atomic E-state index is 11.1. The van der Waals surface area contributed by atoms with Gasteiger partial charge in [0.25, 0.3) is 5.69 Å². The Labute approximate surface area is 110 Å². The van der Waals surface area contributed by atoms with Gasteiger partial charge in [0.2, 0.25) is 0 Å². The Morgan fingerprint density at radius 2 is 2.11 bits per heavy atom. The third kappa shape index (κ3) is 2.57. The van der Waals surface area contributed by atoms with Crippen molar-refractivity contribution < 1.29 is 4.92 Å². The number of para-hydroxylation sites is 1. The van der Waals surface area contributed by atoms with Crippen molar-refractivity contribution in [2.24, 2.45) is 5.92 Å². The van der Waals surface area contributed by atoms with Crippen LogP contribution in [0.2, 0.25) is 0 Å². The molecule has 0 aliphatic heterocycles. The van der Waals surface area contributed by atoms with Crippen LogP contribution in [0, 0.1) is 16.0 Å². The van der Waals surface area contributed by atoms with Crippen LogP contribution < -0.4 is 5.73 Å². The average Bonchev–Trinajstić information content (AvgIpc) is 2.70. The molecule has 100 valence electrons. The van der Waals surface area contributed by atoms with Gasteiger partial charge in [-0.05, 0) is 18.4 Å². The Morgan fingerprint density at radius 1 is 1.42 bits per heavy atom. The summed E-state index contributed by atoms with van der Waals surface area (Å²) in [6.45, 7) is 4.13. The average molecular weight is 260 g/mol. The van der Waals surface area contributed by atoms with Crippen molar-refractivity contribution in [3.8, 4) is 11.3 Å². The molecule has 3 N–H and O–H groups in total. The Hall–Kier alpha value is -2.37. The lowest BCUT2D eigenvalue weighted by atomic mass is 9.98. The van der Waals surface area contributed by atoms with Gasteiger partial charge in [-0.3, -0.25) is 15.2 Å². The van der Waals surface area contributed by atoms with Crippen molar-refractivity contribution in [2.45, 2.75) is 20.3 Å². The molecule has 0 saturated heterocycles. The molecule has 0 unspecified atom stereocenters. The van der Waals surface area contributed by atoms with Gasteiger partial charge in [-0.2, -0.15) is 5.10 Å². The fourth-order valence-corrected chi connectivity index (χ4v) is 2.06. The Bertz CT molecular complexity index is 604. The van der Waals surface area contributed by atoms with Crippen LogP contribution >= 0.6 is 0 Å². The molecule has 0 radical (unpaired) electrons. The van der Waals surface area contributed by atoms with Crippen LogP contribution in [0.25, 0.3) is 11.3 Å². The molecule has 19 heavy (non-hydrogen) atoms. The Balaban J connectivity index is 2.56. The van der Waals surface area contributed by atoms with E-state index in [0.29, 0.717) is 23.0 Å². The van der Waals surface area contributed by atoms with Gasteiger partial charge in [-0.15, -0.1) is 0 Å². The second kappa shape index (κ2) is 5.09. The number of H-pyrrole nitrogens is 1. The largest absolute Gasteiger partial charge is 0.382 e. The highest BCUT2D eigenvalue weighted by Crippen LogP contribution is 2.33. The van der Waals surface area contributed by atoms with E-state index in [2.05, 4.69) is 24.0 Å². The molecule has 0 bridgehead atoms. The number of aromatic nitrogens is 2. The number of nitrogens with one attached hydrogen (secondary N) is 1. The number of anilines is 1. The molecular weight excluding hydrogens is 244 g/mol. The van der Waals surface area contributed by atoms with Crippen molar-refractivity contribution in [3.05, 3.63) is 39.9 Å². The van der Waals surface area contributed by atoms with E-state index in [1.165, 1.54) is 6.07 Å². The summed E-state index contributed by atoms with van der Waals surface area (Å²) in [6, 6.07) is 6.59. The maximum Gasteiger partial charge on any atom is 0.278 e. The highest BCUT2D eigenvalue weighted by atomic mass is 16.6. The molecule has 0 saturated carbocycles. The monoisotopic (exact) mass is 260 g/mol.